The van der Waals surface area contributed by atoms with E-state index in [9.17, 15) is 5.11 Å². The van der Waals surface area contributed by atoms with Crippen LogP contribution >= 0.6 is 0 Å². The zero-order chi connectivity index (χ0) is 14.9. The van der Waals surface area contributed by atoms with Gasteiger partial charge < -0.3 is 5.11 Å². The fraction of sp³-hybridized carbons (Fsp3) is 0.278. The predicted octanol–water partition coefficient (Wildman–Crippen LogP) is 3.00. The normalized spacial score (nSPS) is 19.0. The summed E-state index contributed by atoms with van der Waals surface area (Å²) in [4.78, 5) is 2.40. The first kappa shape index (κ1) is 13.5. The molecule has 0 fully saturated rings. The summed E-state index contributed by atoms with van der Waals surface area (Å²) in [7, 11) is 0. The molecule has 0 saturated carbocycles. The van der Waals surface area contributed by atoms with E-state index < -0.39 is 0 Å². The minimum atomic E-state index is -0.351. The van der Waals surface area contributed by atoms with Crippen LogP contribution in [0.2, 0.25) is 0 Å². The van der Waals surface area contributed by atoms with E-state index >= 15 is 0 Å². The van der Waals surface area contributed by atoms with Crippen molar-refractivity contribution in [2.45, 2.75) is 25.6 Å². The monoisotopic (exact) mass is 293 g/mol. The molecule has 1 unspecified atom stereocenters. The maximum atomic E-state index is 10.3. The average Bonchev–Trinajstić information content (AvgIpc) is 2.94. The molecule has 2 N–H and O–H groups in total. The number of aliphatic hydroxyl groups is 1. The Morgan fingerprint density at radius 1 is 1.23 bits per heavy atom. The van der Waals surface area contributed by atoms with Crippen molar-refractivity contribution in [3.63, 3.8) is 0 Å². The molecule has 1 atom stereocenters. The molecule has 0 radical (unpaired) electrons. The number of aliphatic hydroxyl groups excluding tert-OH is 1. The van der Waals surface area contributed by atoms with Crippen molar-refractivity contribution < 1.29 is 5.11 Å². The molecule has 4 heteroatoms. The summed E-state index contributed by atoms with van der Waals surface area (Å²) in [5, 5.41) is 18.5. The summed E-state index contributed by atoms with van der Waals surface area (Å²) < 4.78 is 0. The Bertz CT molecular complexity index is 796. The van der Waals surface area contributed by atoms with Gasteiger partial charge in [0.2, 0.25) is 0 Å². The number of hydrogen-bond donors (Lipinski definition) is 2. The molecule has 0 amide bonds. The second-order valence-corrected chi connectivity index (χ2v) is 6.01. The van der Waals surface area contributed by atoms with Gasteiger partial charge in [-0.05, 0) is 29.2 Å². The predicted molar refractivity (Wildman–Crippen MR) is 86.2 cm³/mol. The lowest BCUT2D eigenvalue weighted by Gasteiger charge is -2.20. The summed E-state index contributed by atoms with van der Waals surface area (Å²) in [6.45, 7) is 2.67. The molecule has 4 rings (SSSR count). The van der Waals surface area contributed by atoms with Gasteiger partial charge in [-0.15, -0.1) is 0 Å². The lowest BCUT2D eigenvalue weighted by molar-refractivity contribution is 0.150. The largest absolute Gasteiger partial charge is 0.388 e. The molecular weight excluding hydrogens is 274 g/mol. The van der Waals surface area contributed by atoms with E-state index in [1.54, 1.807) is 0 Å². The number of H-pyrrole nitrogens is 1. The molecule has 0 spiro atoms. The molecule has 4 nitrogen and oxygen atoms in total. The van der Waals surface area contributed by atoms with Crippen LogP contribution in [-0.4, -0.2) is 26.7 Å². The summed E-state index contributed by atoms with van der Waals surface area (Å²) in [5.41, 5.74) is 4.66. The smallest absolute Gasteiger partial charge is 0.0805 e. The van der Waals surface area contributed by atoms with Crippen LogP contribution in [0.1, 0.15) is 29.2 Å². The van der Waals surface area contributed by atoms with Crippen molar-refractivity contribution in [3.8, 4) is 0 Å². The molecule has 22 heavy (non-hydrogen) atoms. The molecule has 1 aliphatic rings. The van der Waals surface area contributed by atoms with Crippen molar-refractivity contribution in [1.29, 1.82) is 0 Å². The van der Waals surface area contributed by atoms with Gasteiger partial charge >= 0.3 is 0 Å². The molecule has 1 aromatic heterocycles. The molecule has 2 aromatic carbocycles. The molecular formula is C18H19N3O. The van der Waals surface area contributed by atoms with Crippen LogP contribution in [0.4, 0.5) is 0 Å². The maximum Gasteiger partial charge on any atom is 0.0805 e. The first-order valence-electron chi connectivity index (χ1n) is 7.70. The highest BCUT2D eigenvalue weighted by atomic mass is 16.3. The van der Waals surface area contributed by atoms with E-state index in [4.69, 9.17) is 0 Å². The van der Waals surface area contributed by atoms with Gasteiger partial charge in [0.25, 0.3) is 0 Å². The second-order valence-electron chi connectivity index (χ2n) is 6.01. The topological polar surface area (TPSA) is 52.1 Å². The second kappa shape index (κ2) is 5.55. The van der Waals surface area contributed by atoms with Gasteiger partial charge in [0.1, 0.15) is 0 Å². The molecule has 0 aliphatic carbocycles. The summed E-state index contributed by atoms with van der Waals surface area (Å²) in [6, 6.07) is 14.6. The molecule has 0 bridgehead atoms. The SMILES string of the molecule is OC1CCN(Cc2ccc3cn[nH]c3c2)Cc2ccccc21. The standard InChI is InChI=1S/C18H19N3O/c22-18-7-8-21(12-15-3-1-2-4-16(15)18)11-13-5-6-14-10-19-20-17(14)9-13/h1-6,9-10,18,22H,7-8,11-12H2,(H,19,20). The number of nitrogens with one attached hydrogen (secondary N) is 1. The molecule has 0 saturated heterocycles. The highest BCUT2D eigenvalue weighted by Crippen LogP contribution is 2.27. The number of rotatable bonds is 2. The molecule has 1 aliphatic heterocycles. The quantitative estimate of drug-likeness (QED) is 0.763. The van der Waals surface area contributed by atoms with E-state index in [-0.39, 0.29) is 6.10 Å². The van der Waals surface area contributed by atoms with Gasteiger partial charge in [-0.1, -0.05) is 36.4 Å². The fourth-order valence-electron chi connectivity index (χ4n) is 3.26. The number of aromatic amines is 1. The summed E-state index contributed by atoms with van der Waals surface area (Å²) in [5.74, 6) is 0. The number of nitrogens with zero attached hydrogens (tertiary/aromatic N) is 2. The van der Waals surface area contributed by atoms with Crippen molar-refractivity contribution in [2.24, 2.45) is 0 Å². The number of benzene rings is 2. The fourth-order valence-corrected chi connectivity index (χ4v) is 3.26. The third kappa shape index (κ3) is 2.51. The van der Waals surface area contributed by atoms with Crippen LogP contribution in [0, 0.1) is 0 Å². The van der Waals surface area contributed by atoms with Gasteiger partial charge in [0, 0.05) is 25.0 Å². The molecule has 3 aromatic rings. The maximum absolute atomic E-state index is 10.3. The first-order valence-corrected chi connectivity index (χ1v) is 7.70. The zero-order valence-corrected chi connectivity index (χ0v) is 12.4. The molecule has 112 valence electrons. The van der Waals surface area contributed by atoms with Crippen LogP contribution in [0.3, 0.4) is 0 Å². The van der Waals surface area contributed by atoms with Crippen LogP contribution in [0.25, 0.3) is 10.9 Å². The van der Waals surface area contributed by atoms with Crippen molar-refractivity contribution in [2.75, 3.05) is 6.54 Å². The highest BCUT2D eigenvalue weighted by Gasteiger charge is 2.20. The Morgan fingerprint density at radius 3 is 3.09 bits per heavy atom. The Hall–Kier alpha value is -2.17. The number of hydrogen-bond acceptors (Lipinski definition) is 3. The van der Waals surface area contributed by atoms with Crippen LogP contribution in [-0.2, 0) is 13.1 Å². The average molecular weight is 293 g/mol. The lowest BCUT2D eigenvalue weighted by atomic mass is 10.0. The van der Waals surface area contributed by atoms with Gasteiger partial charge in [0.05, 0.1) is 17.8 Å². The van der Waals surface area contributed by atoms with Gasteiger partial charge in [-0.3, -0.25) is 10.00 Å². The summed E-state index contributed by atoms with van der Waals surface area (Å²) >= 11 is 0. The Kier molecular flexibility index (Phi) is 3.41. The third-order valence-corrected chi connectivity index (χ3v) is 4.44. The highest BCUT2D eigenvalue weighted by molar-refractivity contribution is 5.78. The minimum absolute atomic E-state index is 0.351. The Balaban J connectivity index is 1.58. The number of fused-ring (bicyclic) bond motifs is 2. The van der Waals surface area contributed by atoms with Crippen molar-refractivity contribution in [1.82, 2.24) is 15.1 Å². The van der Waals surface area contributed by atoms with Crippen molar-refractivity contribution in [3.05, 3.63) is 65.4 Å². The Morgan fingerprint density at radius 2 is 2.14 bits per heavy atom. The summed E-state index contributed by atoms with van der Waals surface area (Å²) in [6.07, 6.45) is 2.28. The zero-order valence-electron chi connectivity index (χ0n) is 12.4. The van der Waals surface area contributed by atoms with E-state index in [1.807, 2.05) is 24.4 Å². The van der Waals surface area contributed by atoms with Gasteiger partial charge in [0.15, 0.2) is 0 Å². The van der Waals surface area contributed by atoms with E-state index in [2.05, 4.69) is 39.4 Å². The van der Waals surface area contributed by atoms with Gasteiger partial charge in [-0.25, -0.2) is 0 Å². The van der Waals surface area contributed by atoms with Crippen LogP contribution in [0.5, 0.6) is 0 Å². The van der Waals surface area contributed by atoms with E-state index in [0.29, 0.717) is 0 Å². The third-order valence-electron chi connectivity index (χ3n) is 4.44. The van der Waals surface area contributed by atoms with Crippen LogP contribution < -0.4 is 0 Å². The molecule has 2 heterocycles. The number of aromatic nitrogens is 2. The van der Waals surface area contributed by atoms with Crippen LogP contribution in [0.15, 0.2) is 48.7 Å². The van der Waals surface area contributed by atoms with Gasteiger partial charge in [-0.2, -0.15) is 5.10 Å². The van der Waals surface area contributed by atoms with E-state index in [0.717, 1.165) is 42.5 Å². The first-order chi connectivity index (χ1) is 10.8. The Labute approximate surface area is 129 Å². The lowest BCUT2D eigenvalue weighted by Crippen LogP contribution is -2.22. The minimum Gasteiger partial charge on any atom is -0.388 e. The van der Waals surface area contributed by atoms with Crippen molar-refractivity contribution >= 4 is 10.9 Å². The van der Waals surface area contributed by atoms with E-state index in [1.165, 1.54) is 11.1 Å².